The minimum Gasteiger partial charge on any atom is -0.407 e. The zero-order valence-electron chi connectivity index (χ0n) is 20.7. The lowest BCUT2D eigenvalue weighted by Crippen LogP contribution is -2.11. The van der Waals surface area contributed by atoms with Crippen molar-refractivity contribution in [3.8, 4) is 22.7 Å². The molecule has 0 aliphatic heterocycles. The van der Waals surface area contributed by atoms with Crippen molar-refractivity contribution >= 4 is 17.6 Å². The molecule has 0 spiro atoms. The van der Waals surface area contributed by atoms with E-state index in [-0.39, 0.29) is 5.91 Å². The zero-order valence-corrected chi connectivity index (χ0v) is 20.7. The predicted molar refractivity (Wildman–Crippen MR) is 138 cm³/mol. The van der Waals surface area contributed by atoms with Gasteiger partial charge in [-0.05, 0) is 78.9 Å². The number of carbonyl (C=O) groups excluding carboxylic acids is 2. The summed E-state index contributed by atoms with van der Waals surface area (Å²) in [5.41, 5.74) is 5.15. The molecule has 0 saturated carbocycles. The lowest BCUT2D eigenvalue weighted by molar-refractivity contribution is -0.132. The smallest absolute Gasteiger partial charge is 0.309 e. The van der Waals surface area contributed by atoms with Gasteiger partial charge in [-0.25, -0.2) is 4.39 Å². The van der Waals surface area contributed by atoms with Crippen LogP contribution in [-0.4, -0.2) is 21.7 Å². The van der Waals surface area contributed by atoms with E-state index >= 15 is 0 Å². The summed E-state index contributed by atoms with van der Waals surface area (Å²) in [6.07, 6.45) is 0.686. The van der Waals surface area contributed by atoms with Gasteiger partial charge in [-0.15, -0.1) is 0 Å². The fraction of sp³-hybridized carbons (Fsp3) is 0.207. The lowest BCUT2D eigenvalue weighted by atomic mass is 9.99. The third-order valence-electron chi connectivity index (χ3n) is 5.54. The number of rotatable bonds is 7. The first kappa shape index (κ1) is 24.9. The number of carbonyl (C=O) groups is 2. The fourth-order valence-corrected chi connectivity index (χ4v) is 3.95. The number of nitrogens with zero attached hydrogens (tertiary/aromatic N) is 2. The molecule has 0 bridgehead atoms. The summed E-state index contributed by atoms with van der Waals surface area (Å²) in [6.45, 7) is 7.57. The molecule has 0 atom stereocenters. The number of hydrogen-bond donors (Lipinski definition) is 1. The molecule has 0 radical (unpaired) electrons. The molecular formula is C29H28FN3O3. The SMILES string of the molecule is CC(=O)Oc1c(-c2ccc(NC(=O)c3ccc(F)cc3)cc2)c(CC(C)C)nn1-c1cccc(C)c1. The molecule has 0 aliphatic rings. The maximum Gasteiger partial charge on any atom is 0.309 e. The Kier molecular flexibility index (Phi) is 7.29. The number of aromatic nitrogens is 2. The zero-order chi connectivity index (χ0) is 25.8. The summed E-state index contributed by atoms with van der Waals surface area (Å²) >= 11 is 0. The van der Waals surface area contributed by atoms with Gasteiger partial charge < -0.3 is 10.1 Å². The van der Waals surface area contributed by atoms with E-state index in [1.807, 2.05) is 43.3 Å². The summed E-state index contributed by atoms with van der Waals surface area (Å²) < 4.78 is 20.5. The molecule has 184 valence electrons. The van der Waals surface area contributed by atoms with Crippen LogP contribution in [0.15, 0.2) is 72.8 Å². The quantitative estimate of drug-likeness (QED) is 0.309. The van der Waals surface area contributed by atoms with Crippen molar-refractivity contribution in [2.24, 2.45) is 5.92 Å². The van der Waals surface area contributed by atoms with Gasteiger partial charge in [0.05, 0.1) is 16.9 Å². The first-order valence-corrected chi connectivity index (χ1v) is 11.8. The molecule has 3 aromatic carbocycles. The van der Waals surface area contributed by atoms with Crippen LogP contribution in [0.25, 0.3) is 16.8 Å². The molecule has 1 amide bonds. The summed E-state index contributed by atoms with van der Waals surface area (Å²) in [6, 6.07) is 20.5. The number of aryl methyl sites for hydroxylation is 1. The van der Waals surface area contributed by atoms with E-state index in [9.17, 15) is 14.0 Å². The molecule has 6 nitrogen and oxygen atoms in total. The minimum absolute atomic E-state index is 0.323. The topological polar surface area (TPSA) is 73.2 Å². The van der Waals surface area contributed by atoms with Crippen LogP contribution in [-0.2, 0) is 11.2 Å². The Hall–Kier alpha value is -4.26. The third kappa shape index (κ3) is 5.68. The summed E-state index contributed by atoms with van der Waals surface area (Å²) in [5, 5.41) is 7.67. The van der Waals surface area contributed by atoms with Gasteiger partial charge in [0.2, 0.25) is 5.88 Å². The van der Waals surface area contributed by atoms with Crippen molar-refractivity contribution < 1.29 is 18.7 Å². The van der Waals surface area contributed by atoms with Gasteiger partial charge in [-0.2, -0.15) is 9.78 Å². The summed E-state index contributed by atoms with van der Waals surface area (Å²) in [4.78, 5) is 24.6. The van der Waals surface area contributed by atoms with Crippen molar-refractivity contribution in [2.45, 2.75) is 34.1 Å². The number of halogens is 1. The van der Waals surface area contributed by atoms with Gasteiger partial charge in [-0.1, -0.05) is 38.1 Å². The minimum atomic E-state index is -0.440. The van der Waals surface area contributed by atoms with Crippen LogP contribution >= 0.6 is 0 Å². The maximum atomic E-state index is 13.2. The highest BCUT2D eigenvalue weighted by molar-refractivity contribution is 6.04. The summed E-state index contributed by atoms with van der Waals surface area (Å²) in [5.74, 6) is -0.501. The number of amides is 1. The van der Waals surface area contributed by atoms with Gasteiger partial charge >= 0.3 is 5.97 Å². The summed E-state index contributed by atoms with van der Waals surface area (Å²) in [7, 11) is 0. The van der Waals surface area contributed by atoms with Crippen molar-refractivity contribution in [2.75, 3.05) is 5.32 Å². The van der Waals surface area contributed by atoms with Gasteiger partial charge in [0.25, 0.3) is 5.91 Å². The van der Waals surface area contributed by atoms with Gasteiger partial charge in [0.1, 0.15) is 5.82 Å². The first-order valence-electron chi connectivity index (χ1n) is 11.8. The normalized spacial score (nSPS) is 10.9. The van der Waals surface area contributed by atoms with Crippen LogP contribution in [0.4, 0.5) is 10.1 Å². The third-order valence-corrected chi connectivity index (χ3v) is 5.54. The lowest BCUT2D eigenvalue weighted by Gasteiger charge is -2.11. The highest BCUT2D eigenvalue weighted by atomic mass is 19.1. The molecule has 0 saturated heterocycles. The Balaban J connectivity index is 1.73. The Morgan fingerprint density at radius 2 is 1.72 bits per heavy atom. The molecule has 4 aromatic rings. The second-order valence-corrected chi connectivity index (χ2v) is 9.11. The number of benzene rings is 3. The van der Waals surface area contributed by atoms with Crippen LogP contribution in [0.5, 0.6) is 5.88 Å². The van der Waals surface area contributed by atoms with Crippen LogP contribution in [0.1, 0.15) is 42.4 Å². The van der Waals surface area contributed by atoms with E-state index in [1.165, 1.54) is 31.2 Å². The molecule has 4 rings (SSSR count). The molecule has 0 aliphatic carbocycles. The fourth-order valence-electron chi connectivity index (χ4n) is 3.95. The van der Waals surface area contributed by atoms with E-state index in [0.717, 1.165) is 28.1 Å². The van der Waals surface area contributed by atoms with Gasteiger partial charge in [-0.3, -0.25) is 9.59 Å². The van der Waals surface area contributed by atoms with Crippen molar-refractivity contribution in [1.29, 1.82) is 0 Å². The Labute approximate surface area is 209 Å². The maximum absolute atomic E-state index is 13.2. The second-order valence-electron chi connectivity index (χ2n) is 9.11. The number of esters is 1. The number of ether oxygens (including phenoxy) is 1. The molecule has 1 aromatic heterocycles. The van der Waals surface area contributed by atoms with E-state index in [2.05, 4.69) is 19.2 Å². The second kappa shape index (κ2) is 10.6. The number of hydrogen-bond acceptors (Lipinski definition) is 4. The molecule has 0 fully saturated rings. The molecule has 1 heterocycles. The average molecular weight is 486 g/mol. The van der Waals surface area contributed by atoms with Crippen LogP contribution < -0.4 is 10.1 Å². The standard InChI is InChI=1S/C29H28FN3O3/c1-18(2)16-26-27(29(36-20(4)34)33(32-26)25-7-5-6-19(3)17-25)21-10-14-24(15-11-21)31-28(35)22-8-12-23(30)13-9-22/h5-15,17-18H,16H2,1-4H3,(H,31,35). The van der Waals surface area contributed by atoms with Crippen molar-refractivity contribution in [3.05, 3.63) is 95.4 Å². The number of nitrogens with one attached hydrogen (secondary N) is 1. The molecule has 0 unspecified atom stereocenters. The number of anilines is 1. The van der Waals surface area contributed by atoms with E-state index < -0.39 is 11.8 Å². The average Bonchev–Trinajstić information content (AvgIpc) is 3.16. The van der Waals surface area contributed by atoms with Crippen molar-refractivity contribution in [1.82, 2.24) is 9.78 Å². The Bertz CT molecular complexity index is 1390. The van der Waals surface area contributed by atoms with E-state index in [1.54, 1.807) is 16.8 Å². The van der Waals surface area contributed by atoms with Crippen LogP contribution in [0, 0.1) is 18.7 Å². The predicted octanol–water partition coefficient (Wildman–Crippen LogP) is 6.36. The monoisotopic (exact) mass is 485 g/mol. The largest absolute Gasteiger partial charge is 0.407 e. The molecule has 36 heavy (non-hydrogen) atoms. The van der Waals surface area contributed by atoms with E-state index in [4.69, 9.17) is 9.84 Å². The molecule has 7 heteroatoms. The van der Waals surface area contributed by atoms with Crippen molar-refractivity contribution in [3.63, 3.8) is 0 Å². The van der Waals surface area contributed by atoms with Crippen LogP contribution in [0.3, 0.4) is 0 Å². The Morgan fingerprint density at radius 3 is 2.33 bits per heavy atom. The highest BCUT2D eigenvalue weighted by Gasteiger charge is 2.24. The molecule has 1 N–H and O–H groups in total. The Morgan fingerprint density at radius 1 is 1.03 bits per heavy atom. The highest BCUT2D eigenvalue weighted by Crippen LogP contribution is 2.37. The van der Waals surface area contributed by atoms with E-state index in [0.29, 0.717) is 29.5 Å². The van der Waals surface area contributed by atoms with Gasteiger partial charge in [0.15, 0.2) is 0 Å². The molecular weight excluding hydrogens is 457 g/mol. The van der Waals surface area contributed by atoms with Crippen LogP contribution in [0.2, 0.25) is 0 Å². The first-order chi connectivity index (χ1) is 17.2. The van der Waals surface area contributed by atoms with Gasteiger partial charge in [0, 0.05) is 18.2 Å².